The molecule has 2 N–H and O–H groups in total. The maximum Gasteiger partial charge on any atom is 0.161 e. The Morgan fingerprint density at radius 1 is 1.50 bits per heavy atom. The number of ether oxygens (including phenoxy) is 1. The molecule has 0 aliphatic carbocycles. The Labute approximate surface area is 106 Å². The summed E-state index contributed by atoms with van der Waals surface area (Å²) in [6, 6.07) is 1.69. The number of rotatable bonds is 4. The zero-order chi connectivity index (χ0) is 13.3. The van der Waals surface area contributed by atoms with Crippen molar-refractivity contribution >= 4 is 0 Å². The highest BCUT2D eigenvalue weighted by Gasteiger charge is 2.22. The van der Waals surface area contributed by atoms with Crippen LogP contribution in [0.2, 0.25) is 0 Å². The maximum atomic E-state index is 6.33. The van der Waals surface area contributed by atoms with Crippen LogP contribution in [0, 0.1) is 6.92 Å². The van der Waals surface area contributed by atoms with E-state index in [-0.39, 0.29) is 6.04 Å². The van der Waals surface area contributed by atoms with Crippen molar-refractivity contribution in [1.82, 2.24) is 19.6 Å². The zero-order valence-electron chi connectivity index (χ0n) is 11.2. The van der Waals surface area contributed by atoms with E-state index in [2.05, 4.69) is 10.2 Å². The van der Waals surface area contributed by atoms with Crippen molar-refractivity contribution in [2.45, 2.75) is 26.4 Å². The molecule has 2 aromatic heterocycles. The quantitative estimate of drug-likeness (QED) is 0.877. The molecule has 0 bridgehead atoms. The summed E-state index contributed by atoms with van der Waals surface area (Å²) in [4.78, 5) is 0. The second-order valence-corrected chi connectivity index (χ2v) is 4.23. The summed E-state index contributed by atoms with van der Waals surface area (Å²) in [5.74, 6) is 0.711. The molecule has 0 saturated heterocycles. The number of nitrogens with two attached hydrogens (primary N) is 1. The van der Waals surface area contributed by atoms with Crippen LogP contribution in [-0.2, 0) is 13.6 Å². The van der Waals surface area contributed by atoms with Crippen molar-refractivity contribution in [2.75, 3.05) is 7.11 Å². The average Bonchev–Trinajstić information content (AvgIpc) is 2.90. The minimum absolute atomic E-state index is 0.298. The van der Waals surface area contributed by atoms with Crippen LogP contribution >= 0.6 is 0 Å². The Hall–Kier alpha value is -1.82. The van der Waals surface area contributed by atoms with E-state index >= 15 is 0 Å². The smallest absolute Gasteiger partial charge is 0.161 e. The molecule has 0 aromatic carbocycles. The highest BCUT2D eigenvalue weighted by atomic mass is 16.5. The van der Waals surface area contributed by atoms with Crippen molar-refractivity contribution in [3.63, 3.8) is 0 Å². The molecule has 0 aliphatic heterocycles. The highest BCUT2D eigenvalue weighted by molar-refractivity contribution is 5.34. The van der Waals surface area contributed by atoms with E-state index in [0.717, 1.165) is 23.6 Å². The zero-order valence-corrected chi connectivity index (χ0v) is 11.2. The summed E-state index contributed by atoms with van der Waals surface area (Å²) in [6.45, 7) is 4.73. The van der Waals surface area contributed by atoms with Gasteiger partial charge in [-0.3, -0.25) is 9.36 Å². The second-order valence-electron chi connectivity index (χ2n) is 4.23. The summed E-state index contributed by atoms with van der Waals surface area (Å²) in [5.41, 5.74) is 9.10. The van der Waals surface area contributed by atoms with Crippen molar-refractivity contribution < 1.29 is 4.74 Å². The summed E-state index contributed by atoms with van der Waals surface area (Å²) < 4.78 is 8.98. The molecule has 2 heterocycles. The van der Waals surface area contributed by atoms with Gasteiger partial charge in [-0.05, 0) is 19.9 Å². The lowest BCUT2D eigenvalue weighted by atomic mass is 10.1. The molecule has 0 spiro atoms. The fraction of sp³-hybridized carbons (Fsp3) is 0.500. The number of aromatic nitrogens is 4. The van der Waals surface area contributed by atoms with Crippen molar-refractivity contribution in [1.29, 1.82) is 0 Å². The highest BCUT2D eigenvalue weighted by Crippen LogP contribution is 2.28. The van der Waals surface area contributed by atoms with Crippen LogP contribution in [0.1, 0.15) is 30.0 Å². The van der Waals surface area contributed by atoms with Gasteiger partial charge >= 0.3 is 0 Å². The lowest BCUT2D eigenvalue weighted by Crippen LogP contribution is -2.20. The SMILES string of the molecule is CCn1ncc(OC)c1C(N)c1cc(C)nn1C. The summed E-state index contributed by atoms with van der Waals surface area (Å²) in [5, 5.41) is 8.59. The van der Waals surface area contributed by atoms with Crippen LogP contribution < -0.4 is 10.5 Å². The Bertz CT molecular complexity index is 521. The van der Waals surface area contributed by atoms with Gasteiger partial charge in [0.15, 0.2) is 5.75 Å². The molecule has 98 valence electrons. The van der Waals surface area contributed by atoms with Gasteiger partial charge in [-0.25, -0.2) is 0 Å². The molecule has 0 fully saturated rings. The Morgan fingerprint density at radius 3 is 2.72 bits per heavy atom. The van der Waals surface area contributed by atoms with Gasteiger partial charge in [0.2, 0.25) is 0 Å². The molecular formula is C12H19N5O. The third-order valence-electron chi connectivity index (χ3n) is 3.02. The topological polar surface area (TPSA) is 70.9 Å². The standard InChI is InChI=1S/C12H19N5O/c1-5-17-12(10(18-4)7-14-17)11(13)9-6-8(2)15-16(9)3/h6-7,11H,5,13H2,1-4H3. The summed E-state index contributed by atoms with van der Waals surface area (Å²) in [7, 11) is 3.52. The number of methoxy groups -OCH3 is 1. The van der Waals surface area contributed by atoms with Crippen LogP contribution in [0.25, 0.3) is 0 Å². The first-order valence-corrected chi connectivity index (χ1v) is 5.94. The van der Waals surface area contributed by atoms with E-state index < -0.39 is 0 Å². The molecule has 1 atom stereocenters. The normalized spacial score (nSPS) is 12.7. The van der Waals surface area contributed by atoms with Gasteiger partial charge in [0.1, 0.15) is 5.69 Å². The van der Waals surface area contributed by atoms with Crippen LogP contribution in [0.5, 0.6) is 5.75 Å². The van der Waals surface area contributed by atoms with E-state index in [9.17, 15) is 0 Å². The van der Waals surface area contributed by atoms with Gasteiger partial charge in [0, 0.05) is 13.6 Å². The largest absolute Gasteiger partial charge is 0.493 e. The monoisotopic (exact) mass is 249 g/mol. The number of hydrogen-bond acceptors (Lipinski definition) is 4. The average molecular weight is 249 g/mol. The van der Waals surface area contributed by atoms with Crippen molar-refractivity contribution in [3.8, 4) is 5.75 Å². The van der Waals surface area contributed by atoms with Crippen molar-refractivity contribution in [3.05, 3.63) is 29.3 Å². The summed E-state index contributed by atoms with van der Waals surface area (Å²) in [6.07, 6.45) is 1.70. The molecule has 6 nitrogen and oxygen atoms in total. The predicted octanol–water partition coefficient (Wildman–Crippen LogP) is 1.00. The fourth-order valence-corrected chi connectivity index (χ4v) is 2.16. The van der Waals surface area contributed by atoms with Gasteiger partial charge in [-0.15, -0.1) is 0 Å². The Kier molecular flexibility index (Phi) is 3.38. The minimum Gasteiger partial charge on any atom is -0.493 e. The molecule has 2 aromatic rings. The fourth-order valence-electron chi connectivity index (χ4n) is 2.16. The van der Waals surface area contributed by atoms with Gasteiger partial charge in [-0.2, -0.15) is 10.2 Å². The van der Waals surface area contributed by atoms with E-state index in [4.69, 9.17) is 10.5 Å². The first-order valence-electron chi connectivity index (χ1n) is 5.94. The van der Waals surface area contributed by atoms with E-state index in [1.807, 2.05) is 31.6 Å². The van der Waals surface area contributed by atoms with Crippen LogP contribution in [0.15, 0.2) is 12.3 Å². The third-order valence-corrected chi connectivity index (χ3v) is 3.02. The first-order chi connectivity index (χ1) is 8.58. The summed E-state index contributed by atoms with van der Waals surface area (Å²) >= 11 is 0. The minimum atomic E-state index is -0.298. The van der Waals surface area contributed by atoms with Crippen LogP contribution in [0.4, 0.5) is 0 Å². The van der Waals surface area contributed by atoms with Gasteiger partial charge < -0.3 is 10.5 Å². The van der Waals surface area contributed by atoms with Gasteiger partial charge in [-0.1, -0.05) is 0 Å². The van der Waals surface area contributed by atoms with Crippen LogP contribution in [0.3, 0.4) is 0 Å². The number of aryl methyl sites for hydroxylation is 3. The molecular weight excluding hydrogens is 230 g/mol. The van der Waals surface area contributed by atoms with E-state index in [1.54, 1.807) is 18.0 Å². The van der Waals surface area contributed by atoms with Crippen LogP contribution in [-0.4, -0.2) is 26.7 Å². The van der Waals surface area contributed by atoms with E-state index in [0.29, 0.717) is 5.75 Å². The van der Waals surface area contributed by atoms with E-state index in [1.165, 1.54) is 0 Å². The molecule has 0 aliphatic rings. The number of nitrogens with zero attached hydrogens (tertiary/aromatic N) is 4. The lowest BCUT2D eigenvalue weighted by Gasteiger charge is -2.15. The molecule has 0 amide bonds. The van der Waals surface area contributed by atoms with Gasteiger partial charge in [0.05, 0.1) is 30.7 Å². The maximum absolute atomic E-state index is 6.33. The third kappa shape index (κ3) is 1.99. The van der Waals surface area contributed by atoms with Gasteiger partial charge in [0.25, 0.3) is 0 Å². The van der Waals surface area contributed by atoms with Crippen molar-refractivity contribution in [2.24, 2.45) is 12.8 Å². The number of hydrogen-bond donors (Lipinski definition) is 1. The molecule has 0 radical (unpaired) electrons. The molecule has 2 rings (SSSR count). The molecule has 0 saturated carbocycles. The molecule has 18 heavy (non-hydrogen) atoms. The Morgan fingerprint density at radius 2 is 2.22 bits per heavy atom. The second kappa shape index (κ2) is 4.81. The first kappa shape index (κ1) is 12.6. The Balaban J connectivity index is 2.47. The molecule has 1 unspecified atom stereocenters. The predicted molar refractivity (Wildman–Crippen MR) is 68.4 cm³/mol. The molecule has 6 heteroatoms. The lowest BCUT2D eigenvalue weighted by molar-refractivity contribution is 0.403.